The van der Waals surface area contributed by atoms with Crippen LogP contribution in [-0.2, 0) is 13.0 Å². The predicted octanol–water partition coefficient (Wildman–Crippen LogP) is 2.97. The van der Waals surface area contributed by atoms with Crippen LogP contribution in [0, 0.1) is 6.92 Å². The Labute approximate surface area is 140 Å². The van der Waals surface area contributed by atoms with Gasteiger partial charge in [-0.25, -0.2) is 8.78 Å². The molecule has 1 aromatic carbocycles. The van der Waals surface area contributed by atoms with Crippen molar-refractivity contribution in [3.8, 4) is 11.5 Å². The summed E-state index contributed by atoms with van der Waals surface area (Å²) >= 11 is 0. The maximum atomic E-state index is 12.5. The van der Waals surface area contributed by atoms with Crippen LogP contribution in [0.3, 0.4) is 0 Å². The van der Waals surface area contributed by atoms with E-state index in [1.54, 1.807) is 13.1 Å². The van der Waals surface area contributed by atoms with Gasteiger partial charge in [-0.05, 0) is 24.6 Å². The van der Waals surface area contributed by atoms with Crippen molar-refractivity contribution in [1.82, 2.24) is 30.1 Å². The van der Waals surface area contributed by atoms with Crippen molar-refractivity contribution in [2.45, 2.75) is 26.3 Å². The van der Waals surface area contributed by atoms with Crippen molar-refractivity contribution in [2.75, 3.05) is 0 Å². The van der Waals surface area contributed by atoms with Gasteiger partial charge in [-0.2, -0.15) is 15.2 Å². The lowest BCUT2D eigenvalue weighted by molar-refractivity contribution is 0.121. The van der Waals surface area contributed by atoms with Gasteiger partial charge >= 0.3 is 0 Å². The van der Waals surface area contributed by atoms with Gasteiger partial charge in [0.2, 0.25) is 0 Å². The van der Waals surface area contributed by atoms with E-state index in [0.717, 1.165) is 16.5 Å². The highest BCUT2D eigenvalue weighted by Gasteiger charge is 2.16. The van der Waals surface area contributed by atoms with E-state index < -0.39 is 13.0 Å². The van der Waals surface area contributed by atoms with Gasteiger partial charge in [0.05, 0.1) is 23.0 Å². The molecule has 128 valence electrons. The van der Waals surface area contributed by atoms with Crippen LogP contribution in [0.15, 0.2) is 35.1 Å². The number of fused-ring (bicyclic) bond motifs is 1. The normalized spacial score (nSPS) is 11.7. The van der Waals surface area contributed by atoms with Crippen LogP contribution >= 0.6 is 0 Å². The maximum absolute atomic E-state index is 12.5. The number of H-pyrrole nitrogens is 1. The molecule has 0 spiro atoms. The highest BCUT2D eigenvalue weighted by atomic mass is 19.3. The molecule has 0 saturated heterocycles. The standard InChI is InChI=1S/C16H14F2N6O/c1-9-12(7-24(22-9)8-14(17)18)16-20-15(23-25-16)5-10-2-3-13-11(4-10)6-19-21-13/h2-4,6-7,14H,5,8H2,1H3,(H,19,21). The maximum Gasteiger partial charge on any atom is 0.261 e. The minimum Gasteiger partial charge on any atom is -0.334 e. The Bertz CT molecular complexity index is 1020. The molecule has 3 aromatic heterocycles. The SMILES string of the molecule is Cc1nn(CC(F)F)cc1-c1nc(Cc2ccc3[nH]ncc3c2)no1. The first kappa shape index (κ1) is 15.4. The first-order valence-corrected chi connectivity index (χ1v) is 7.65. The fourth-order valence-electron chi connectivity index (χ4n) is 2.68. The molecule has 9 heteroatoms. The Morgan fingerprint density at radius 3 is 3.04 bits per heavy atom. The zero-order valence-electron chi connectivity index (χ0n) is 13.3. The summed E-state index contributed by atoms with van der Waals surface area (Å²) in [4.78, 5) is 4.35. The van der Waals surface area contributed by atoms with Crippen LogP contribution in [0.1, 0.15) is 17.1 Å². The molecule has 0 atom stereocenters. The number of alkyl halides is 2. The van der Waals surface area contributed by atoms with E-state index in [1.807, 2.05) is 18.2 Å². The molecule has 3 heterocycles. The molecule has 0 amide bonds. The molecular formula is C16H14F2N6O. The van der Waals surface area contributed by atoms with E-state index in [9.17, 15) is 8.78 Å². The molecule has 7 nitrogen and oxygen atoms in total. The van der Waals surface area contributed by atoms with E-state index >= 15 is 0 Å². The van der Waals surface area contributed by atoms with Gasteiger partial charge in [0.15, 0.2) is 5.82 Å². The summed E-state index contributed by atoms with van der Waals surface area (Å²) < 4.78 is 31.4. The van der Waals surface area contributed by atoms with Gasteiger partial charge in [-0.3, -0.25) is 9.78 Å². The molecule has 4 rings (SSSR count). The average Bonchev–Trinajstić information content (AvgIpc) is 3.26. The van der Waals surface area contributed by atoms with Crippen LogP contribution in [0.25, 0.3) is 22.4 Å². The summed E-state index contributed by atoms with van der Waals surface area (Å²) in [6.45, 7) is 1.25. The molecule has 0 unspecified atom stereocenters. The minimum atomic E-state index is -2.47. The summed E-state index contributed by atoms with van der Waals surface area (Å²) in [6.07, 6.45) is 1.27. The minimum absolute atomic E-state index is 0.275. The average molecular weight is 344 g/mol. The molecule has 0 aliphatic heterocycles. The summed E-state index contributed by atoms with van der Waals surface area (Å²) in [5.74, 6) is 0.788. The molecule has 25 heavy (non-hydrogen) atoms. The third-order valence-electron chi connectivity index (χ3n) is 3.84. The van der Waals surface area contributed by atoms with E-state index in [2.05, 4.69) is 25.4 Å². The Hall–Kier alpha value is -3.10. The fraction of sp³-hybridized carbons (Fsp3) is 0.250. The van der Waals surface area contributed by atoms with Crippen LogP contribution in [0.5, 0.6) is 0 Å². The number of hydrogen-bond donors (Lipinski definition) is 1. The third kappa shape index (κ3) is 3.12. The number of nitrogens with one attached hydrogen (secondary N) is 1. The van der Waals surface area contributed by atoms with Crippen molar-refractivity contribution >= 4 is 10.9 Å². The smallest absolute Gasteiger partial charge is 0.261 e. The van der Waals surface area contributed by atoms with Crippen LogP contribution in [0.4, 0.5) is 8.78 Å². The molecule has 0 fully saturated rings. The Morgan fingerprint density at radius 1 is 1.32 bits per heavy atom. The van der Waals surface area contributed by atoms with Gasteiger partial charge in [-0.1, -0.05) is 11.2 Å². The highest BCUT2D eigenvalue weighted by molar-refractivity contribution is 5.78. The van der Waals surface area contributed by atoms with Gasteiger partial charge in [-0.15, -0.1) is 0 Å². The number of aromatic amines is 1. The quantitative estimate of drug-likeness (QED) is 0.601. The number of nitrogens with zero attached hydrogens (tertiary/aromatic N) is 5. The summed E-state index contributed by atoms with van der Waals surface area (Å²) in [6, 6.07) is 5.90. The van der Waals surface area contributed by atoms with E-state index in [1.165, 1.54) is 10.9 Å². The monoisotopic (exact) mass is 344 g/mol. The Kier molecular flexibility index (Phi) is 3.75. The third-order valence-corrected chi connectivity index (χ3v) is 3.84. The van der Waals surface area contributed by atoms with E-state index in [4.69, 9.17) is 4.52 Å². The molecule has 0 aliphatic carbocycles. The number of halogens is 2. The molecule has 0 aliphatic rings. The summed E-state index contributed by atoms with van der Waals surface area (Å²) in [5.41, 5.74) is 3.10. The number of rotatable bonds is 5. The van der Waals surface area contributed by atoms with Gasteiger partial charge in [0, 0.05) is 18.0 Å². The van der Waals surface area contributed by atoms with Crippen molar-refractivity contribution < 1.29 is 13.3 Å². The molecule has 0 saturated carbocycles. The zero-order valence-corrected chi connectivity index (χ0v) is 13.3. The molecule has 1 N–H and O–H groups in total. The van der Waals surface area contributed by atoms with Crippen LogP contribution in [0.2, 0.25) is 0 Å². The second kappa shape index (κ2) is 6.08. The number of aryl methyl sites for hydroxylation is 1. The van der Waals surface area contributed by atoms with Crippen LogP contribution in [-0.4, -0.2) is 36.5 Å². The lowest BCUT2D eigenvalue weighted by atomic mass is 10.1. The van der Waals surface area contributed by atoms with E-state index in [-0.39, 0.29) is 5.89 Å². The summed E-state index contributed by atoms with van der Waals surface area (Å²) in [5, 5.41) is 15.9. The largest absolute Gasteiger partial charge is 0.334 e. The van der Waals surface area contributed by atoms with Gasteiger partial charge in [0.25, 0.3) is 12.3 Å². The fourth-order valence-corrected chi connectivity index (χ4v) is 2.68. The van der Waals surface area contributed by atoms with Crippen molar-refractivity contribution in [1.29, 1.82) is 0 Å². The molecular weight excluding hydrogens is 330 g/mol. The Balaban J connectivity index is 1.56. The van der Waals surface area contributed by atoms with Crippen molar-refractivity contribution in [2.24, 2.45) is 0 Å². The molecule has 0 bridgehead atoms. The highest BCUT2D eigenvalue weighted by Crippen LogP contribution is 2.22. The lowest BCUT2D eigenvalue weighted by Gasteiger charge is -1.97. The predicted molar refractivity (Wildman–Crippen MR) is 85.2 cm³/mol. The Morgan fingerprint density at radius 2 is 2.20 bits per heavy atom. The van der Waals surface area contributed by atoms with Crippen molar-refractivity contribution in [3.05, 3.63) is 47.7 Å². The first-order chi connectivity index (χ1) is 12.1. The number of aromatic nitrogens is 6. The zero-order chi connectivity index (χ0) is 17.4. The molecule has 4 aromatic rings. The van der Waals surface area contributed by atoms with Crippen molar-refractivity contribution in [3.63, 3.8) is 0 Å². The summed E-state index contributed by atoms with van der Waals surface area (Å²) in [7, 11) is 0. The lowest BCUT2D eigenvalue weighted by Crippen LogP contribution is -2.06. The van der Waals surface area contributed by atoms with Gasteiger partial charge in [0.1, 0.15) is 6.54 Å². The molecule has 0 radical (unpaired) electrons. The van der Waals surface area contributed by atoms with E-state index in [0.29, 0.717) is 23.5 Å². The topological polar surface area (TPSA) is 85.4 Å². The number of hydrogen-bond acceptors (Lipinski definition) is 5. The number of benzene rings is 1. The first-order valence-electron chi connectivity index (χ1n) is 7.65. The second-order valence-electron chi connectivity index (χ2n) is 5.73. The second-order valence-corrected chi connectivity index (χ2v) is 5.73. The van der Waals surface area contributed by atoms with Crippen LogP contribution < -0.4 is 0 Å². The van der Waals surface area contributed by atoms with Gasteiger partial charge < -0.3 is 4.52 Å².